The van der Waals surface area contributed by atoms with Crippen LogP contribution in [0.1, 0.15) is 5.56 Å². The number of hydrogen-bond donors (Lipinski definition) is 1. The van der Waals surface area contributed by atoms with E-state index < -0.39 is 0 Å². The number of para-hydroxylation sites is 1. The molecule has 96 valence electrons. The van der Waals surface area contributed by atoms with Crippen LogP contribution in [-0.2, 0) is 13.6 Å². The van der Waals surface area contributed by atoms with Crippen LogP contribution in [0.4, 0.5) is 0 Å². The zero-order chi connectivity index (χ0) is 13.4. The summed E-state index contributed by atoms with van der Waals surface area (Å²) in [4.78, 5) is 4.76. The third-order valence-corrected chi connectivity index (χ3v) is 3.79. The Morgan fingerprint density at radius 1 is 1.21 bits per heavy atom. The van der Waals surface area contributed by atoms with Gasteiger partial charge in [-0.15, -0.1) is 0 Å². The summed E-state index contributed by atoms with van der Waals surface area (Å²) in [6.45, 7) is 0.506. The van der Waals surface area contributed by atoms with Gasteiger partial charge in [0.2, 0.25) is 0 Å². The highest BCUT2D eigenvalue weighted by atomic mass is 79.9. The fourth-order valence-electron chi connectivity index (χ4n) is 2.32. The highest BCUT2D eigenvalue weighted by Gasteiger charge is 2.12. The van der Waals surface area contributed by atoms with Gasteiger partial charge in [-0.2, -0.15) is 0 Å². The second kappa shape index (κ2) is 4.79. The van der Waals surface area contributed by atoms with Gasteiger partial charge in [0.05, 0.1) is 11.0 Å². The van der Waals surface area contributed by atoms with Crippen LogP contribution >= 0.6 is 15.9 Å². The van der Waals surface area contributed by atoms with Crippen LogP contribution in [0.15, 0.2) is 46.9 Å². The summed E-state index contributed by atoms with van der Waals surface area (Å²) in [7, 11) is 2.03. The number of fused-ring (bicyclic) bond motifs is 1. The first-order valence-corrected chi connectivity index (χ1v) is 6.90. The summed E-state index contributed by atoms with van der Waals surface area (Å²) in [6, 6.07) is 14.3. The first kappa shape index (κ1) is 12.4. The van der Waals surface area contributed by atoms with Crippen molar-refractivity contribution in [1.29, 1.82) is 0 Å². The number of nitrogens with two attached hydrogens (primary N) is 1. The Kier molecular flexibility index (Phi) is 3.12. The fraction of sp³-hybridized carbons (Fsp3) is 0.133. The summed E-state index contributed by atoms with van der Waals surface area (Å²) >= 11 is 3.50. The molecule has 0 bridgehead atoms. The molecule has 0 amide bonds. The van der Waals surface area contributed by atoms with Crippen molar-refractivity contribution >= 4 is 27.0 Å². The van der Waals surface area contributed by atoms with Gasteiger partial charge in [-0.25, -0.2) is 4.98 Å². The van der Waals surface area contributed by atoms with Gasteiger partial charge < -0.3 is 10.3 Å². The van der Waals surface area contributed by atoms with Gasteiger partial charge in [-0.3, -0.25) is 0 Å². The van der Waals surface area contributed by atoms with Crippen LogP contribution in [0.2, 0.25) is 0 Å². The zero-order valence-corrected chi connectivity index (χ0v) is 12.2. The summed E-state index contributed by atoms with van der Waals surface area (Å²) < 4.78 is 3.16. The van der Waals surface area contributed by atoms with Crippen LogP contribution < -0.4 is 5.73 Å². The molecule has 0 unspecified atom stereocenters. The molecular formula is C15H14BrN3. The normalized spacial score (nSPS) is 11.1. The molecule has 1 heterocycles. The van der Waals surface area contributed by atoms with Gasteiger partial charge >= 0.3 is 0 Å². The molecule has 0 radical (unpaired) electrons. The third-order valence-electron chi connectivity index (χ3n) is 3.30. The zero-order valence-electron chi connectivity index (χ0n) is 10.6. The van der Waals surface area contributed by atoms with Crippen molar-refractivity contribution in [3.63, 3.8) is 0 Å². The Morgan fingerprint density at radius 2 is 2.00 bits per heavy atom. The van der Waals surface area contributed by atoms with E-state index in [1.807, 2.05) is 31.3 Å². The van der Waals surface area contributed by atoms with E-state index in [1.54, 1.807) is 0 Å². The Labute approximate surface area is 120 Å². The minimum Gasteiger partial charge on any atom is -0.327 e. The molecule has 0 saturated carbocycles. The fourth-order valence-corrected chi connectivity index (χ4v) is 2.72. The predicted molar refractivity (Wildman–Crippen MR) is 81.7 cm³/mol. The molecule has 0 aliphatic rings. The van der Waals surface area contributed by atoms with Crippen molar-refractivity contribution in [2.75, 3.05) is 0 Å². The smallest absolute Gasteiger partial charge is 0.140 e. The molecule has 3 rings (SSSR count). The topological polar surface area (TPSA) is 43.8 Å². The van der Waals surface area contributed by atoms with Crippen molar-refractivity contribution in [1.82, 2.24) is 9.55 Å². The summed E-state index contributed by atoms with van der Waals surface area (Å²) in [5.74, 6) is 0.956. The van der Waals surface area contributed by atoms with E-state index >= 15 is 0 Å². The lowest BCUT2D eigenvalue weighted by molar-refractivity contribution is 0.959. The van der Waals surface area contributed by atoms with Gasteiger partial charge in [0.25, 0.3) is 0 Å². The number of benzene rings is 2. The molecule has 3 aromatic rings. The van der Waals surface area contributed by atoms with Crippen LogP contribution in [-0.4, -0.2) is 9.55 Å². The van der Waals surface area contributed by atoms with E-state index in [0.717, 1.165) is 32.5 Å². The van der Waals surface area contributed by atoms with Crippen LogP contribution in [0.3, 0.4) is 0 Å². The number of nitrogens with zero attached hydrogens (tertiary/aromatic N) is 2. The third kappa shape index (κ3) is 2.07. The summed E-state index contributed by atoms with van der Waals surface area (Å²) in [5.41, 5.74) is 10.1. The minimum atomic E-state index is 0.506. The van der Waals surface area contributed by atoms with Gasteiger partial charge in [0, 0.05) is 23.6 Å². The second-order valence-corrected chi connectivity index (χ2v) is 5.41. The van der Waals surface area contributed by atoms with Crippen molar-refractivity contribution in [3.8, 4) is 11.4 Å². The lowest BCUT2D eigenvalue weighted by Gasteiger charge is -2.02. The van der Waals surface area contributed by atoms with E-state index in [-0.39, 0.29) is 0 Å². The molecule has 0 saturated heterocycles. The summed E-state index contributed by atoms with van der Waals surface area (Å²) in [6.07, 6.45) is 0. The van der Waals surface area contributed by atoms with Crippen molar-refractivity contribution in [2.24, 2.45) is 12.8 Å². The number of aromatic nitrogens is 2. The molecule has 0 spiro atoms. The molecule has 2 N–H and O–H groups in total. The first-order valence-electron chi connectivity index (χ1n) is 6.11. The largest absolute Gasteiger partial charge is 0.327 e. The average molecular weight is 316 g/mol. The Balaban J connectivity index is 2.28. The van der Waals surface area contributed by atoms with Gasteiger partial charge in [-0.05, 0) is 23.8 Å². The standard InChI is InChI=1S/C15H14BrN3/c1-19-13-7-3-5-11(9-17)14(13)18-15(19)10-4-2-6-12(16)8-10/h2-8H,9,17H2,1H3. The molecule has 19 heavy (non-hydrogen) atoms. The lowest BCUT2D eigenvalue weighted by Crippen LogP contribution is -1.97. The minimum absolute atomic E-state index is 0.506. The first-order chi connectivity index (χ1) is 9.20. The molecular weight excluding hydrogens is 302 g/mol. The number of imidazole rings is 1. The maximum absolute atomic E-state index is 5.78. The van der Waals surface area contributed by atoms with E-state index in [9.17, 15) is 0 Å². The van der Waals surface area contributed by atoms with Crippen LogP contribution in [0.5, 0.6) is 0 Å². The van der Waals surface area contributed by atoms with E-state index in [4.69, 9.17) is 10.7 Å². The van der Waals surface area contributed by atoms with E-state index in [2.05, 4.69) is 38.7 Å². The van der Waals surface area contributed by atoms with E-state index in [0.29, 0.717) is 6.54 Å². The lowest BCUT2D eigenvalue weighted by atomic mass is 10.2. The molecule has 0 aliphatic carbocycles. The quantitative estimate of drug-likeness (QED) is 0.787. The highest BCUT2D eigenvalue weighted by molar-refractivity contribution is 9.10. The molecule has 4 heteroatoms. The predicted octanol–water partition coefficient (Wildman–Crippen LogP) is 3.46. The second-order valence-electron chi connectivity index (χ2n) is 4.49. The SMILES string of the molecule is Cn1c(-c2cccc(Br)c2)nc2c(CN)cccc21. The van der Waals surface area contributed by atoms with Crippen molar-refractivity contribution < 1.29 is 0 Å². The molecule has 0 atom stereocenters. The van der Waals surface area contributed by atoms with Gasteiger partial charge in [0.15, 0.2) is 0 Å². The number of rotatable bonds is 2. The van der Waals surface area contributed by atoms with Crippen LogP contribution in [0, 0.1) is 0 Å². The monoisotopic (exact) mass is 315 g/mol. The maximum Gasteiger partial charge on any atom is 0.140 e. The van der Waals surface area contributed by atoms with Gasteiger partial charge in [-0.1, -0.05) is 40.2 Å². The Bertz CT molecular complexity index is 746. The molecule has 0 fully saturated rings. The molecule has 2 aromatic carbocycles. The number of halogens is 1. The summed E-state index contributed by atoms with van der Waals surface area (Å²) in [5, 5.41) is 0. The van der Waals surface area contributed by atoms with Crippen molar-refractivity contribution in [3.05, 3.63) is 52.5 Å². The molecule has 0 aliphatic heterocycles. The number of hydrogen-bond acceptors (Lipinski definition) is 2. The Hall–Kier alpha value is -1.65. The highest BCUT2D eigenvalue weighted by Crippen LogP contribution is 2.27. The maximum atomic E-state index is 5.78. The molecule has 1 aromatic heterocycles. The van der Waals surface area contributed by atoms with E-state index in [1.165, 1.54) is 0 Å². The average Bonchev–Trinajstić information content (AvgIpc) is 2.76. The van der Waals surface area contributed by atoms with Crippen molar-refractivity contribution in [2.45, 2.75) is 6.54 Å². The molecule has 3 nitrogen and oxygen atoms in total. The van der Waals surface area contributed by atoms with Crippen LogP contribution in [0.25, 0.3) is 22.4 Å². The Morgan fingerprint density at radius 3 is 2.74 bits per heavy atom. The van der Waals surface area contributed by atoms with Gasteiger partial charge in [0.1, 0.15) is 5.82 Å². The number of aryl methyl sites for hydroxylation is 1.